The van der Waals surface area contributed by atoms with E-state index in [4.69, 9.17) is 0 Å². The fourth-order valence-electron chi connectivity index (χ4n) is 1.63. The molecule has 0 radical (unpaired) electrons. The Morgan fingerprint density at radius 1 is 1.20 bits per heavy atom. The second kappa shape index (κ2) is 6.89. The highest BCUT2D eigenvalue weighted by Crippen LogP contribution is 2.21. The minimum absolute atomic E-state index is 1.08. The van der Waals surface area contributed by atoms with E-state index in [1.54, 1.807) is 0 Å². The first-order valence-electron chi connectivity index (χ1n) is 5.80. The van der Waals surface area contributed by atoms with Crippen molar-refractivity contribution in [3.05, 3.63) is 28.2 Å². The van der Waals surface area contributed by atoms with Crippen LogP contribution in [0.5, 0.6) is 0 Å². The predicted octanol–water partition coefficient (Wildman–Crippen LogP) is 4.61. The minimum atomic E-state index is 1.08. The van der Waals surface area contributed by atoms with Crippen LogP contribution in [0.15, 0.2) is 22.7 Å². The summed E-state index contributed by atoms with van der Waals surface area (Å²) in [6, 6.07) is 6.46. The van der Waals surface area contributed by atoms with E-state index in [1.165, 1.54) is 35.0 Å². The Morgan fingerprint density at radius 3 is 2.67 bits per heavy atom. The third kappa shape index (κ3) is 4.25. The summed E-state index contributed by atoms with van der Waals surface area (Å²) in [5.41, 5.74) is 2.68. The minimum Gasteiger partial charge on any atom is -0.385 e. The number of hydrogen-bond donors (Lipinski definition) is 1. The van der Waals surface area contributed by atoms with Gasteiger partial charge in [0, 0.05) is 16.7 Å². The van der Waals surface area contributed by atoms with Gasteiger partial charge in [-0.3, -0.25) is 0 Å². The maximum atomic E-state index is 3.51. The molecule has 0 unspecified atom stereocenters. The number of unbranched alkanes of at least 4 members (excludes halogenated alkanes) is 2. The molecule has 0 amide bonds. The van der Waals surface area contributed by atoms with Crippen LogP contribution in [0.1, 0.15) is 38.7 Å². The fraction of sp³-hybridized carbons (Fsp3) is 0.538. The molecule has 1 aromatic rings. The summed E-state index contributed by atoms with van der Waals surface area (Å²) in [5.74, 6) is 0. The summed E-state index contributed by atoms with van der Waals surface area (Å²) >= 11 is 3.50. The molecule has 0 aromatic heterocycles. The molecule has 0 aliphatic heterocycles. The summed E-state index contributed by atoms with van der Waals surface area (Å²) in [4.78, 5) is 0. The number of halogens is 1. The van der Waals surface area contributed by atoms with Crippen molar-refractivity contribution in [2.45, 2.75) is 39.5 Å². The topological polar surface area (TPSA) is 12.0 Å². The smallest absolute Gasteiger partial charge is 0.0373 e. The fourth-order valence-corrected chi connectivity index (χ4v) is 2.03. The quantitative estimate of drug-likeness (QED) is 0.744. The van der Waals surface area contributed by atoms with Gasteiger partial charge >= 0.3 is 0 Å². The van der Waals surface area contributed by atoms with Crippen molar-refractivity contribution in [2.75, 3.05) is 11.9 Å². The molecule has 1 nitrogen and oxygen atoms in total. The van der Waals surface area contributed by atoms with Crippen molar-refractivity contribution >= 4 is 21.6 Å². The van der Waals surface area contributed by atoms with E-state index in [2.05, 4.69) is 53.3 Å². The lowest BCUT2D eigenvalue weighted by Gasteiger charge is -2.11. The van der Waals surface area contributed by atoms with E-state index in [0.717, 1.165) is 13.0 Å². The van der Waals surface area contributed by atoms with Crippen LogP contribution in [0.25, 0.3) is 0 Å². The Balaban J connectivity index is 2.52. The Hall–Kier alpha value is -0.500. The highest BCUT2D eigenvalue weighted by atomic mass is 79.9. The first kappa shape index (κ1) is 12.6. The zero-order valence-corrected chi connectivity index (χ0v) is 11.2. The average Bonchev–Trinajstić information content (AvgIpc) is 2.26. The molecule has 2 heteroatoms. The molecule has 0 fully saturated rings. The van der Waals surface area contributed by atoms with Gasteiger partial charge in [0.25, 0.3) is 0 Å². The van der Waals surface area contributed by atoms with E-state index in [0.29, 0.717) is 0 Å². The highest BCUT2D eigenvalue weighted by Gasteiger charge is 2.00. The largest absolute Gasteiger partial charge is 0.385 e. The SMILES string of the molecule is CCCCCNc1ccc(Br)cc1CC. The van der Waals surface area contributed by atoms with E-state index in [1.807, 2.05) is 0 Å². The summed E-state index contributed by atoms with van der Waals surface area (Å²) < 4.78 is 1.17. The number of benzene rings is 1. The van der Waals surface area contributed by atoms with Crippen molar-refractivity contribution < 1.29 is 0 Å². The van der Waals surface area contributed by atoms with Crippen molar-refractivity contribution in [2.24, 2.45) is 0 Å². The Kier molecular flexibility index (Phi) is 5.77. The van der Waals surface area contributed by atoms with Crippen LogP contribution < -0.4 is 5.32 Å². The highest BCUT2D eigenvalue weighted by molar-refractivity contribution is 9.10. The maximum absolute atomic E-state index is 3.51. The van der Waals surface area contributed by atoms with E-state index < -0.39 is 0 Å². The van der Waals surface area contributed by atoms with Gasteiger partial charge in [0.05, 0.1) is 0 Å². The molecule has 0 aliphatic carbocycles. The van der Waals surface area contributed by atoms with Crippen LogP contribution in [-0.2, 0) is 6.42 Å². The lowest BCUT2D eigenvalue weighted by molar-refractivity contribution is 0.743. The maximum Gasteiger partial charge on any atom is 0.0373 e. The molecule has 1 aromatic carbocycles. The molecule has 0 spiro atoms. The van der Waals surface area contributed by atoms with Gasteiger partial charge in [0.15, 0.2) is 0 Å². The molecule has 0 saturated heterocycles. The number of hydrogen-bond acceptors (Lipinski definition) is 1. The number of rotatable bonds is 6. The van der Waals surface area contributed by atoms with E-state index in [-0.39, 0.29) is 0 Å². The van der Waals surface area contributed by atoms with Crippen molar-refractivity contribution in [3.8, 4) is 0 Å². The number of nitrogens with one attached hydrogen (secondary N) is 1. The van der Waals surface area contributed by atoms with Crippen LogP contribution >= 0.6 is 15.9 Å². The van der Waals surface area contributed by atoms with Crippen LogP contribution in [0.3, 0.4) is 0 Å². The van der Waals surface area contributed by atoms with E-state index in [9.17, 15) is 0 Å². The normalized spacial score (nSPS) is 10.3. The molecule has 1 N–H and O–H groups in total. The molecular formula is C13H20BrN. The molecule has 15 heavy (non-hydrogen) atoms. The lowest BCUT2D eigenvalue weighted by atomic mass is 10.1. The molecular weight excluding hydrogens is 250 g/mol. The predicted molar refractivity (Wildman–Crippen MR) is 71.5 cm³/mol. The van der Waals surface area contributed by atoms with Crippen LogP contribution in [-0.4, -0.2) is 6.54 Å². The standard InChI is InChI=1S/C13H20BrN/c1-3-5-6-9-15-13-8-7-12(14)10-11(13)4-2/h7-8,10,15H,3-6,9H2,1-2H3. The van der Waals surface area contributed by atoms with Crippen LogP contribution in [0.2, 0.25) is 0 Å². The number of anilines is 1. The van der Waals surface area contributed by atoms with Crippen molar-refractivity contribution in [3.63, 3.8) is 0 Å². The van der Waals surface area contributed by atoms with Crippen molar-refractivity contribution in [1.29, 1.82) is 0 Å². The molecule has 1 rings (SSSR count). The van der Waals surface area contributed by atoms with Gasteiger partial charge < -0.3 is 5.32 Å². The monoisotopic (exact) mass is 269 g/mol. The van der Waals surface area contributed by atoms with Crippen molar-refractivity contribution in [1.82, 2.24) is 0 Å². The first-order valence-corrected chi connectivity index (χ1v) is 6.59. The zero-order chi connectivity index (χ0) is 11.1. The summed E-state index contributed by atoms with van der Waals surface area (Å²) in [5, 5.41) is 3.51. The first-order chi connectivity index (χ1) is 7.27. The Morgan fingerprint density at radius 2 is 2.00 bits per heavy atom. The summed E-state index contributed by atoms with van der Waals surface area (Å²) in [6.45, 7) is 5.51. The molecule has 0 atom stereocenters. The van der Waals surface area contributed by atoms with Gasteiger partial charge in [-0.25, -0.2) is 0 Å². The Bertz CT molecular complexity index is 297. The van der Waals surface area contributed by atoms with E-state index >= 15 is 0 Å². The number of aryl methyl sites for hydroxylation is 1. The Labute approximate surface area is 101 Å². The second-order valence-corrected chi connectivity index (χ2v) is 4.70. The summed E-state index contributed by atoms with van der Waals surface area (Å²) in [6.07, 6.45) is 4.93. The molecule has 0 heterocycles. The lowest BCUT2D eigenvalue weighted by Crippen LogP contribution is -2.03. The molecule has 84 valence electrons. The van der Waals surface area contributed by atoms with Gasteiger partial charge in [-0.2, -0.15) is 0 Å². The van der Waals surface area contributed by atoms with Gasteiger partial charge in [0.2, 0.25) is 0 Å². The summed E-state index contributed by atoms with van der Waals surface area (Å²) in [7, 11) is 0. The van der Waals surface area contributed by atoms with Gasteiger partial charge in [-0.15, -0.1) is 0 Å². The zero-order valence-electron chi connectivity index (χ0n) is 9.65. The van der Waals surface area contributed by atoms with Crippen LogP contribution in [0, 0.1) is 0 Å². The van der Waals surface area contributed by atoms with Gasteiger partial charge in [-0.05, 0) is 36.6 Å². The van der Waals surface area contributed by atoms with Gasteiger partial charge in [-0.1, -0.05) is 42.6 Å². The second-order valence-electron chi connectivity index (χ2n) is 3.79. The molecule has 0 bridgehead atoms. The molecule has 0 aliphatic rings. The van der Waals surface area contributed by atoms with Gasteiger partial charge in [0.1, 0.15) is 0 Å². The third-order valence-corrected chi connectivity index (χ3v) is 3.04. The average molecular weight is 270 g/mol. The third-order valence-electron chi connectivity index (χ3n) is 2.54. The van der Waals surface area contributed by atoms with Crippen LogP contribution in [0.4, 0.5) is 5.69 Å². The molecule has 0 saturated carbocycles.